The summed E-state index contributed by atoms with van der Waals surface area (Å²) >= 11 is 0. The van der Waals surface area contributed by atoms with Crippen LogP contribution in [-0.2, 0) is 9.53 Å². The van der Waals surface area contributed by atoms with Gasteiger partial charge in [-0.05, 0) is 31.1 Å². The van der Waals surface area contributed by atoms with E-state index in [9.17, 15) is 4.79 Å². The van der Waals surface area contributed by atoms with Gasteiger partial charge in [0.15, 0.2) is 0 Å². The molecule has 0 spiro atoms. The van der Waals surface area contributed by atoms with Gasteiger partial charge in [0, 0.05) is 6.42 Å². The molecule has 0 radical (unpaired) electrons. The quantitative estimate of drug-likeness (QED) is 0.643. The van der Waals surface area contributed by atoms with Gasteiger partial charge in [-0.25, -0.2) is 0 Å². The molecule has 1 heterocycles. The molecule has 1 rings (SSSR count). The van der Waals surface area contributed by atoms with E-state index < -0.39 is 0 Å². The molecule has 1 saturated heterocycles. The monoisotopic (exact) mass is 240 g/mol. The van der Waals surface area contributed by atoms with E-state index in [4.69, 9.17) is 4.74 Å². The van der Waals surface area contributed by atoms with Crippen LogP contribution in [0.1, 0.15) is 68.2 Å². The number of cyclic esters (lactones) is 1. The van der Waals surface area contributed by atoms with Crippen molar-refractivity contribution in [1.29, 1.82) is 0 Å². The number of carbonyl (C=O) groups excluding carboxylic acids is 1. The van der Waals surface area contributed by atoms with E-state index in [1.165, 1.54) is 0 Å². The maximum atomic E-state index is 12.4. The molecule has 1 atom stereocenters. The van der Waals surface area contributed by atoms with Crippen molar-refractivity contribution in [2.24, 2.45) is 16.2 Å². The summed E-state index contributed by atoms with van der Waals surface area (Å²) in [6, 6.07) is 0. The number of ether oxygens (including phenoxy) is 1. The Morgan fingerprint density at radius 2 is 1.59 bits per heavy atom. The Balaban J connectivity index is 3.19. The molecular weight excluding hydrogens is 212 g/mol. The molecule has 17 heavy (non-hydrogen) atoms. The van der Waals surface area contributed by atoms with E-state index >= 15 is 0 Å². The molecule has 1 unspecified atom stereocenters. The van der Waals surface area contributed by atoms with Gasteiger partial charge in [-0.3, -0.25) is 4.79 Å². The lowest BCUT2D eigenvalue weighted by Gasteiger charge is -2.42. The van der Waals surface area contributed by atoms with Crippen LogP contribution in [0.4, 0.5) is 0 Å². The van der Waals surface area contributed by atoms with Crippen LogP contribution in [0.25, 0.3) is 0 Å². The molecule has 100 valence electrons. The number of hydrogen-bond acceptors (Lipinski definition) is 2. The van der Waals surface area contributed by atoms with Crippen LogP contribution in [-0.4, -0.2) is 11.6 Å². The Kier molecular flexibility index (Phi) is 3.19. The molecule has 0 amide bonds. The fourth-order valence-electron chi connectivity index (χ4n) is 3.06. The molecule has 2 nitrogen and oxygen atoms in total. The Hall–Kier alpha value is -0.530. The smallest absolute Gasteiger partial charge is 0.313 e. The van der Waals surface area contributed by atoms with Crippen LogP contribution in [0.2, 0.25) is 0 Å². The van der Waals surface area contributed by atoms with Crippen LogP contribution >= 0.6 is 0 Å². The van der Waals surface area contributed by atoms with Crippen molar-refractivity contribution in [3.8, 4) is 0 Å². The minimum Gasteiger partial charge on any atom is -0.459 e. The molecule has 0 saturated carbocycles. The van der Waals surface area contributed by atoms with Gasteiger partial charge in [-0.15, -0.1) is 0 Å². The molecule has 1 fully saturated rings. The molecule has 1 aliphatic rings. The summed E-state index contributed by atoms with van der Waals surface area (Å²) in [4.78, 5) is 12.4. The lowest BCUT2D eigenvalue weighted by atomic mass is 9.58. The van der Waals surface area contributed by atoms with E-state index in [1.807, 2.05) is 13.8 Å². The first-order valence-corrected chi connectivity index (χ1v) is 6.53. The Morgan fingerprint density at radius 3 is 1.82 bits per heavy atom. The first-order chi connectivity index (χ1) is 7.29. The van der Waals surface area contributed by atoms with Crippen LogP contribution in [0, 0.1) is 16.2 Å². The van der Waals surface area contributed by atoms with E-state index in [2.05, 4.69) is 41.5 Å². The zero-order valence-electron chi connectivity index (χ0n) is 12.7. The normalized spacial score (nSPS) is 29.3. The first-order valence-electron chi connectivity index (χ1n) is 6.53. The predicted octanol–water partition coefficient (Wildman–Crippen LogP) is 4.18. The van der Waals surface area contributed by atoms with Gasteiger partial charge < -0.3 is 4.74 Å². The van der Waals surface area contributed by atoms with Gasteiger partial charge in [0.05, 0.1) is 5.41 Å². The van der Waals surface area contributed by atoms with Gasteiger partial charge in [0.25, 0.3) is 0 Å². The Labute approximate surface area is 106 Å². The van der Waals surface area contributed by atoms with Crippen molar-refractivity contribution in [3.05, 3.63) is 0 Å². The third kappa shape index (κ3) is 2.83. The van der Waals surface area contributed by atoms with Crippen molar-refractivity contribution >= 4 is 5.97 Å². The third-order valence-electron chi connectivity index (χ3n) is 3.75. The number of carbonyl (C=O) groups is 1. The number of rotatable bonds is 1. The van der Waals surface area contributed by atoms with Crippen molar-refractivity contribution in [2.45, 2.75) is 73.8 Å². The second-order valence-electron chi connectivity index (χ2n) is 8.40. The SMILES string of the molecule is CC(C)(C)CC1(C(C)(C)C)CC(C)(C)OC1=O. The van der Waals surface area contributed by atoms with Crippen molar-refractivity contribution < 1.29 is 9.53 Å². The lowest BCUT2D eigenvalue weighted by Crippen LogP contribution is -2.43. The molecule has 0 N–H and O–H groups in total. The summed E-state index contributed by atoms with van der Waals surface area (Å²) in [5.41, 5.74) is -0.609. The molecular formula is C15H28O2. The molecule has 1 aliphatic heterocycles. The second-order valence-corrected chi connectivity index (χ2v) is 8.40. The largest absolute Gasteiger partial charge is 0.459 e. The van der Waals surface area contributed by atoms with Crippen molar-refractivity contribution in [3.63, 3.8) is 0 Å². The number of hydrogen-bond donors (Lipinski definition) is 0. The predicted molar refractivity (Wildman–Crippen MR) is 70.7 cm³/mol. The average molecular weight is 240 g/mol. The zero-order valence-corrected chi connectivity index (χ0v) is 12.7. The minimum atomic E-state index is -0.352. The van der Waals surface area contributed by atoms with E-state index in [0.717, 1.165) is 12.8 Å². The zero-order chi connectivity index (χ0) is 13.7. The summed E-state index contributed by atoms with van der Waals surface area (Å²) in [7, 11) is 0. The highest BCUT2D eigenvalue weighted by molar-refractivity contribution is 5.80. The molecule has 2 heteroatoms. The Bertz CT molecular complexity index is 315. The summed E-state index contributed by atoms with van der Waals surface area (Å²) < 4.78 is 5.60. The van der Waals surface area contributed by atoms with Crippen molar-refractivity contribution in [1.82, 2.24) is 0 Å². The minimum absolute atomic E-state index is 0.00933. The maximum absolute atomic E-state index is 12.4. The van der Waals surface area contributed by atoms with Crippen LogP contribution in [0.5, 0.6) is 0 Å². The summed E-state index contributed by atoms with van der Waals surface area (Å²) in [5.74, 6) is -0.00933. The first kappa shape index (κ1) is 14.5. The average Bonchev–Trinajstić information content (AvgIpc) is 2.16. The molecule has 0 aromatic rings. The maximum Gasteiger partial charge on any atom is 0.313 e. The van der Waals surface area contributed by atoms with Crippen LogP contribution in [0.3, 0.4) is 0 Å². The second kappa shape index (κ2) is 3.73. The van der Waals surface area contributed by atoms with Gasteiger partial charge in [0.2, 0.25) is 0 Å². The Morgan fingerprint density at radius 1 is 1.12 bits per heavy atom. The lowest BCUT2D eigenvalue weighted by molar-refractivity contribution is -0.158. The molecule has 0 aromatic carbocycles. The van der Waals surface area contributed by atoms with Gasteiger partial charge >= 0.3 is 5.97 Å². The summed E-state index contributed by atoms with van der Waals surface area (Å²) in [6.45, 7) is 17.1. The molecule has 0 aliphatic carbocycles. The van der Waals surface area contributed by atoms with Gasteiger partial charge in [-0.1, -0.05) is 41.5 Å². The van der Waals surface area contributed by atoms with Gasteiger partial charge in [0.1, 0.15) is 5.60 Å². The highest BCUT2D eigenvalue weighted by atomic mass is 16.6. The number of esters is 1. The summed E-state index contributed by atoms with van der Waals surface area (Å²) in [5, 5.41) is 0. The molecule has 0 aromatic heterocycles. The highest BCUT2D eigenvalue weighted by Gasteiger charge is 2.59. The third-order valence-corrected chi connectivity index (χ3v) is 3.75. The van der Waals surface area contributed by atoms with E-state index in [1.54, 1.807) is 0 Å². The standard InChI is InChI=1S/C15H28O2/c1-12(2,3)9-15(13(4,5)6)10-14(7,8)17-11(15)16/h9-10H2,1-8H3. The van der Waals surface area contributed by atoms with Gasteiger partial charge in [-0.2, -0.15) is 0 Å². The van der Waals surface area contributed by atoms with Crippen LogP contribution < -0.4 is 0 Å². The highest BCUT2D eigenvalue weighted by Crippen LogP contribution is 2.56. The fourth-order valence-corrected chi connectivity index (χ4v) is 3.06. The topological polar surface area (TPSA) is 26.3 Å². The van der Waals surface area contributed by atoms with E-state index in [0.29, 0.717) is 0 Å². The van der Waals surface area contributed by atoms with E-state index in [-0.39, 0.29) is 27.8 Å². The van der Waals surface area contributed by atoms with Crippen LogP contribution in [0.15, 0.2) is 0 Å². The fraction of sp³-hybridized carbons (Fsp3) is 0.933. The summed E-state index contributed by atoms with van der Waals surface area (Å²) in [6.07, 6.45) is 1.70. The van der Waals surface area contributed by atoms with Crippen molar-refractivity contribution in [2.75, 3.05) is 0 Å². The molecule has 0 bridgehead atoms.